The molecule has 0 radical (unpaired) electrons. The minimum absolute atomic E-state index is 0.0342. The van der Waals surface area contributed by atoms with Gasteiger partial charge in [-0.25, -0.2) is 6.57 Å². The highest BCUT2D eigenvalue weighted by molar-refractivity contribution is 6.06. The van der Waals surface area contributed by atoms with E-state index in [0.717, 1.165) is 0 Å². The van der Waals surface area contributed by atoms with Gasteiger partial charge < -0.3 is 14.3 Å². The molecule has 0 unspecified atom stereocenters. The van der Waals surface area contributed by atoms with Gasteiger partial charge in [0.05, 0.1) is 19.6 Å². The normalized spacial score (nSPS) is 10.5. The molecule has 0 heterocycles. The third kappa shape index (κ3) is 3.60. The molecule has 0 aliphatic heterocycles. The molecule has 1 rings (SSSR count). The molecule has 0 N–H and O–H groups in total. The topological polar surface area (TPSA) is 57.0 Å². The number of hydrogen-bond acceptors (Lipinski definition) is 4. The van der Waals surface area contributed by atoms with Crippen LogP contribution in [0.5, 0.6) is 0 Å². The van der Waals surface area contributed by atoms with Crippen LogP contribution in [0.15, 0.2) is 30.3 Å². The van der Waals surface area contributed by atoms with E-state index in [1.807, 2.05) is 0 Å². The summed E-state index contributed by atoms with van der Waals surface area (Å²) in [6, 6.07) is 8.62. The first-order valence-electron chi connectivity index (χ1n) is 6.86. The third-order valence-corrected chi connectivity index (χ3v) is 3.11. The number of hydrogen-bond donors (Lipinski definition) is 0. The molecule has 0 aliphatic carbocycles. The predicted octanol–water partition coefficient (Wildman–Crippen LogP) is 2.36. The van der Waals surface area contributed by atoms with E-state index in [9.17, 15) is 9.59 Å². The Bertz CT molecular complexity index is 501. The van der Waals surface area contributed by atoms with Crippen molar-refractivity contribution >= 4 is 11.9 Å². The van der Waals surface area contributed by atoms with Gasteiger partial charge in [0.15, 0.2) is 5.41 Å². The van der Waals surface area contributed by atoms with E-state index in [1.165, 1.54) is 0 Å². The number of carbonyl (C=O) groups excluding carboxylic acids is 2. The van der Waals surface area contributed by atoms with E-state index in [0.29, 0.717) is 5.56 Å². The number of carbonyl (C=O) groups is 2. The molecule has 0 aromatic heterocycles. The van der Waals surface area contributed by atoms with Gasteiger partial charge in [-0.2, -0.15) is 0 Å². The van der Waals surface area contributed by atoms with Gasteiger partial charge in [-0.3, -0.25) is 9.59 Å². The Balaban J connectivity index is 3.37. The Labute approximate surface area is 124 Å². The number of rotatable bonds is 7. The lowest BCUT2D eigenvalue weighted by atomic mass is 9.77. The molecule has 0 aliphatic rings. The molecule has 0 fully saturated rings. The van der Waals surface area contributed by atoms with Crippen LogP contribution in [0.2, 0.25) is 0 Å². The standard InChI is InChI=1S/C16H19NO4/c1-4-20-14(18)16(11-12-17-3,15(19)21-5-2)13-9-7-6-8-10-13/h6-10H,4-5,11-12H2,1-2H3. The summed E-state index contributed by atoms with van der Waals surface area (Å²) in [5.74, 6) is -1.34. The molecule has 1 aromatic carbocycles. The first kappa shape index (κ1) is 16.7. The minimum atomic E-state index is -1.57. The van der Waals surface area contributed by atoms with Crippen molar-refractivity contribution in [3.05, 3.63) is 47.3 Å². The lowest BCUT2D eigenvalue weighted by Gasteiger charge is -2.28. The van der Waals surface area contributed by atoms with E-state index in [2.05, 4.69) is 4.85 Å². The SMILES string of the molecule is [C-]#[N+]CCC(C(=O)OCC)(C(=O)OCC)c1ccccc1. The monoisotopic (exact) mass is 289 g/mol. The van der Waals surface area contributed by atoms with Gasteiger partial charge in [-0.1, -0.05) is 30.3 Å². The maximum Gasteiger partial charge on any atom is 0.328 e. The second kappa shape index (κ2) is 8.05. The minimum Gasteiger partial charge on any atom is -0.465 e. The average molecular weight is 289 g/mol. The quantitative estimate of drug-likeness (QED) is 0.439. The maximum atomic E-state index is 12.5. The summed E-state index contributed by atoms with van der Waals surface area (Å²) in [4.78, 5) is 28.2. The van der Waals surface area contributed by atoms with Crippen LogP contribution in [0.25, 0.3) is 4.85 Å². The molecule has 0 saturated heterocycles. The van der Waals surface area contributed by atoms with Crippen LogP contribution in [-0.4, -0.2) is 31.7 Å². The Morgan fingerprint density at radius 1 is 1.10 bits per heavy atom. The summed E-state index contributed by atoms with van der Waals surface area (Å²) in [7, 11) is 0. The van der Waals surface area contributed by atoms with Gasteiger partial charge in [0, 0.05) is 0 Å². The maximum absolute atomic E-state index is 12.5. The van der Waals surface area contributed by atoms with Crippen LogP contribution in [0.1, 0.15) is 25.8 Å². The molecular weight excluding hydrogens is 270 g/mol. The fraction of sp³-hybridized carbons (Fsp3) is 0.438. The van der Waals surface area contributed by atoms with E-state index in [1.54, 1.807) is 44.2 Å². The lowest BCUT2D eigenvalue weighted by Crippen LogP contribution is -2.46. The van der Waals surface area contributed by atoms with Crippen LogP contribution in [0.4, 0.5) is 0 Å². The molecule has 0 bridgehead atoms. The average Bonchev–Trinajstić information content (AvgIpc) is 2.50. The Morgan fingerprint density at radius 2 is 1.62 bits per heavy atom. The van der Waals surface area contributed by atoms with Gasteiger partial charge in [0.25, 0.3) is 0 Å². The van der Waals surface area contributed by atoms with Crippen molar-refractivity contribution in [2.45, 2.75) is 25.7 Å². The number of esters is 2. The number of nitrogens with zero attached hydrogens (tertiary/aromatic N) is 1. The predicted molar refractivity (Wildman–Crippen MR) is 77.5 cm³/mol. The first-order chi connectivity index (χ1) is 10.1. The molecule has 0 saturated carbocycles. The second-order valence-corrected chi connectivity index (χ2v) is 4.34. The molecule has 5 heteroatoms. The van der Waals surface area contributed by atoms with E-state index < -0.39 is 17.4 Å². The van der Waals surface area contributed by atoms with Gasteiger partial charge in [0.2, 0.25) is 6.54 Å². The second-order valence-electron chi connectivity index (χ2n) is 4.34. The molecule has 21 heavy (non-hydrogen) atoms. The van der Waals surface area contributed by atoms with Crippen molar-refractivity contribution in [2.24, 2.45) is 0 Å². The Morgan fingerprint density at radius 3 is 2.05 bits per heavy atom. The molecular formula is C16H19NO4. The third-order valence-electron chi connectivity index (χ3n) is 3.11. The fourth-order valence-electron chi connectivity index (χ4n) is 2.12. The largest absolute Gasteiger partial charge is 0.465 e. The zero-order valence-corrected chi connectivity index (χ0v) is 12.3. The van der Waals surface area contributed by atoms with Crippen molar-refractivity contribution in [1.82, 2.24) is 0 Å². The highest BCUT2D eigenvalue weighted by atomic mass is 16.6. The highest BCUT2D eigenvalue weighted by Crippen LogP contribution is 2.32. The molecule has 0 amide bonds. The summed E-state index contributed by atoms with van der Waals surface area (Å²) in [6.07, 6.45) is 0.0399. The summed E-state index contributed by atoms with van der Waals surface area (Å²) in [6.45, 7) is 10.6. The molecule has 112 valence electrons. The number of ether oxygens (including phenoxy) is 2. The van der Waals surface area contributed by atoms with Crippen molar-refractivity contribution in [1.29, 1.82) is 0 Å². The Kier molecular flexibility index (Phi) is 6.41. The van der Waals surface area contributed by atoms with E-state index >= 15 is 0 Å². The van der Waals surface area contributed by atoms with Gasteiger partial charge in [0.1, 0.15) is 0 Å². The summed E-state index contributed by atoms with van der Waals surface area (Å²) in [5, 5.41) is 0. The smallest absolute Gasteiger partial charge is 0.328 e. The molecule has 0 atom stereocenters. The van der Waals surface area contributed by atoms with Crippen LogP contribution < -0.4 is 0 Å². The van der Waals surface area contributed by atoms with Gasteiger partial charge in [-0.15, -0.1) is 0 Å². The van der Waals surface area contributed by atoms with Crippen LogP contribution >= 0.6 is 0 Å². The van der Waals surface area contributed by atoms with Crippen LogP contribution in [0, 0.1) is 6.57 Å². The fourth-order valence-corrected chi connectivity index (χ4v) is 2.12. The van der Waals surface area contributed by atoms with Gasteiger partial charge in [-0.05, 0) is 19.4 Å². The summed E-state index contributed by atoms with van der Waals surface area (Å²) < 4.78 is 10.2. The summed E-state index contributed by atoms with van der Waals surface area (Å²) >= 11 is 0. The number of benzene rings is 1. The molecule has 1 aromatic rings. The zero-order valence-electron chi connectivity index (χ0n) is 12.3. The molecule has 0 spiro atoms. The van der Waals surface area contributed by atoms with Crippen molar-refractivity contribution in [2.75, 3.05) is 19.8 Å². The lowest BCUT2D eigenvalue weighted by molar-refractivity contribution is -0.165. The van der Waals surface area contributed by atoms with Crippen molar-refractivity contribution < 1.29 is 19.1 Å². The van der Waals surface area contributed by atoms with Crippen molar-refractivity contribution in [3.8, 4) is 0 Å². The summed E-state index contributed by atoms with van der Waals surface area (Å²) in [5.41, 5.74) is -1.08. The van der Waals surface area contributed by atoms with Crippen LogP contribution in [0.3, 0.4) is 0 Å². The van der Waals surface area contributed by atoms with Crippen molar-refractivity contribution in [3.63, 3.8) is 0 Å². The Hall–Kier alpha value is -2.35. The first-order valence-corrected chi connectivity index (χ1v) is 6.86. The van der Waals surface area contributed by atoms with E-state index in [4.69, 9.17) is 16.0 Å². The zero-order chi connectivity index (χ0) is 15.7. The van der Waals surface area contributed by atoms with E-state index in [-0.39, 0.29) is 26.2 Å². The van der Waals surface area contributed by atoms with Crippen LogP contribution in [-0.2, 0) is 24.5 Å². The molecule has 5 nitrogen and oxygen atoms in total. The highest BCUT2D eigenvalue weighted by Gasteiger charge is 2.51. The van der Waals surface area contributed by atoms with Gasteiger partial charge >= 0.3 is 11.9 Å².